The first-order chi connectivity index (χ1) is 10.9. The molecule has 0 aliphatic carbocycles. The van der Waals surface area contributed by atoms with Gasteiger partial charge in [0.25, 0.3) is 0 Å². The van der Waals surface area contributed by atoms with E-state index in [9.17, 15) is 16.8 Å². The number of hydrogen-bond acceptors (Lipinski definition) is 5. The minimum atomic E-state index is -3.52. The third-order valence-corrected chi connectivity index (χ3v) is 5.58. The van der Waals surface area contributed by atoms with E-state index in [1.807, 2.05) is 0 Å². The van der Waals surface area contributed by atoms with Crippen molar-refractivity contribution in [3.63, 3.8) is 0 Å². The number of ether oxygens (including phenoxy) is 1. The monoisotopic (exact) mass is 354 g/mol. The second-order valence-corrected chi connectivity index (χ2v) is 9.21. The van der Waals surface area contributed by atoms with Crippen molar-refractivity contribution < 1.29 is 21.6 Å². The zero-order chi connectivity index (χ0) is 16.8. The molecule has 0 spiro atoms. The molecule has 5 nitrogen and oxygen atoms in total. The van der Waals surface area contributed by atoms with Crippen molar-refractivity contribution in [2.45, 2.75) is 11.5 Å². The lowest BCUT2D eigenvalue weighted by molar-refractivity contribution is 0.224. The molecule has 0 unspecified atom stereocenters. The van der Waals surface area contributed by atoms with Gasteiger partial charge in [0, 0.05) is 0 Å². The van der Waals surface area contributed by atoms with Crippen LogP contribution >= 0.6 is 0 Å². The van der Waals surface area contributed by atoms with Gasteiger partial charge in [-0.25, -0.2) is 16.8 Å². The van der Waals surface area contributed by atoms with Gasteiger partial charge in [-0.2, -0.15) is 0 Å². The third-order valence-electron chi connectivity index (χ3n) is 2.98. The molecule has 2 aromatic carbocycles. The molecule has 0 heterocycles. The maximum Gasteiger partial charge on any atom is 0.178 e. The van der Waals surface area contributed by atoms with E-state index in [-0.39, 0.29) is 11.5 Å². The Bertz CT molecular complexity index is 742. The fourth-order valence-electron chi connectivity index (χ4n) is 2.03. The fraction of sp³-hybridized carbons (Fsp3) is 0.250. The summed E-state index contributed by atoms with van der Waals surface area (Å²) >= 11 is 0. The maximum atomic E-state index is 11.9. The molecule has 0 atom stereocenters. The van der Waals surface area contributed by atoms with E-state index in [0.29, 0.717) is 11.1 Å². The zero-order valence-corrected chi connectivity index (χ0v) is 14.1. The van der Waals surface area contributed by atoms with Crippen LogP contribution in [-0.2, 0) is 35.9 Å². The Kier molecular flexibility index (Phi) is 5.92. The van der Waals surface area contributed by atoms with Crippen LogP contribution in [0, 0.1) is 0 Å². The molecule has 0 saturated carbocycles. The van der Waals surface area contributed by atoms with Crippen LogP contribution in [0.5, 0.6) is 0 Å². The first-order valence-electron chi connectivity index (χ1n) is 6.93. The van der Waals surface area contributed by atoms with Gasteiger partial charge in [-0.05, 0) is 11.1 Å². The molecule has 0 N–H and O–H groups in total. The zero-order valence-electron chi connectivity index (χ0n) is 12.5. The summed E-state index contributed by atoms with van der Waals surface area (Å²) in [6.45, 7) is 0. The van der Waals surface area contributed by atoms with Crippen LogP contribution in [-0.4, -0.2) is 28.7 Å². The molecular formula is C16H18O5S2. The summed E-state index contributed by atoms with van der Waals surface area (Å²) in [5.41, 5.74) is 1.28. The molecule has 0 radical (unpaired) electrons. The Balaban J connectivity index is 1.86. The van der Waals surface area contributed by atoms with Crippen LogP contribution in [0.4, 0.5) is 0 Å². The quantitative estimate of drug-likeness (QED) is 0.726. The van der Waals surface area contributed by atoms with Gasteiger partial charge in [-0.3, -0.25) is 0 Å². The fourth-order valence-corrected chi connectivity index (χ4v) is 4.37. The van der Waals surface area contributed by atoms with E-state index in [4.69, 9.17) is 4.74 Å². The molecule has 0 aliphatic rings. The Labute approximate surface area is 136 Å². The first kappa shape index (κ1) is 17.7. The predicted octanol–water partition coefficient (Wildman–Crippen LogP) is 2.15. The molecule has 0 aliphatic heterocycles. The van der Waals surface area contributed by atoms with Crippen molar-refractivity contribution >= 4 is 19.7 Å². The third kappa shape index (κ3) is 6.52. The van der Waals surface area contributed by atoms with Crippen molar-refractivity contribution in [1.29, 1.82) is 0 Å². The van der Waals surface area contributed by atoms with Gasteiger partial charge >= 0.3 is 0 Å². The lowest BCUT2D eigenvalue weighted by atomic mass is 10.2. The predicted molar refractivity (Wildman–Crippen MR) is 89.0 cm³/mol. The summed E-state index contributed by atoms with van der Waals surface area (Å²) in [6, 6.07) is 17.4. The van der Waals surface area contributed by atoms with Crippen LogP contribution < -0.4 is 0 Å². The van der Waals surface area contributed by atoms with Gasteiger partial charge in [0.05, 0.1) is 11.5 Å². The molecule has 0 saturated heterocycles. The van der Waals surface area contributed by atoms with Crippen molar-refractivity contribution in [3.8, 4) is 0 Å². The highest BCUT2D eigenvalue weighted by Crippen LogP contribution is 2.09. The SMILES string of the molecule is O=S(=O)(COCS(=O)(=O)Cc1ccccc1)Cc1ccccc1. The van der Waals surface area contributed by atoms with E-state index in [1.165, 1.54) is 0 Å². The topological polar surface area (TPSA) is 77.5 Å². The summed E-state index contributed by atoms with van der Waals surface area (Å²) in [5.74, 6) is -1.58. The molecule has 23 heavy (non-hydrogen) atoms. The van der Waals surface area contributed by atoms with Crippen LogP contribution in [0.3, 0.4) is 0 Å². The summed E-state index contributed by atoms with van der Waals surface area (Å²) in [7, 11) is -7.03. The second kappa shape index (κ2) is 7.72. The molecule has 0 bridgehead atoms. The van der Waals surface area contributed by atoms with Gasteiger partial charge < -0.3 is 4.74 Å². The molecule has 7 heteroatoms. The van der Waals surface area contributed by atoms with Crippen molar-refractivity contribution in [3.05, 3.63) is 71.8 Å². The summed E-state index contributed by atoms with van der Waals surface area (Å²) < 4.78 is 52.6. The number of benzene rings is 2. The Morgan fingerprint density at radius 1 is 0.609 bits per heavy atom. The molecule has 2 rings (SSSR count). The summed E-state index contributed by atoms with van der Waals surface area (Å²) in [4.78, 5) is 0. The lowest BCUT2D eigenvalue weighted by Crippen LogP contribution is -2.18. The lowest BCUT2D eigenvalue weighted by Gasteiger charge is -2.07. The highest BCUT2D eigenvalue weighted by Gasteiger charge is 2.16. The highest BCUT2D eigenvalue weighted by molar-refractivity contribution is 7.91. The second-order valence-electron chi connectivity index (χ2n) is 5.19. The van der Waals surface area contributed by atoms with Crippen molar-refractivity contribution in [2.24, 2.45) is 0 Å². The van der Waals surface area contributed by atoms with Gasteiger partial charge in [-0.1, -0.05) is 60.7 Å². The number of hydrogen-bond donors (Lipinski definition) is 0. The minimum Gasteiger partial charge on any atom is -0.350 e. The summed E-state index contributed by atoms with van der Waals surface area (Å²) in [5, 5.41) is 0. The van der Waals surface area contributed by atoms with Crippen LogP contribution in [0.25, 0.3) is 0 Å². The first-order valence-corrected chi connectivity index (χ1v) is 10.6. The molecule has 2 aromatic rings. The maximum absolute atomic E-state index is 11.9. The Morgan fingerprint density at radius 3 is 1.30 bits per heavy atom. The van der Waals surface area contributed by atoms with E-state index >= 15 is 0 Å². The normalized spacial score (nSPS) is 12.2. The average Bonchev–Trinajstić information content (AvgIpc) is 2.47. The van der Waals surface area contributed by atoms with Gasteiger partial charge in [-0.15, -0.1) is 0 Å². The van der Waals surface area contributed by atoms with Crippen LogP contribution in [0.1, 0.15) is 11.1 Å². The standard InChI is InChI=1S/C16H18O5S2/c17-22(18,11-15-7-3-1-4-8-15)13-21-14-23(19,20)12-16-9-5-2-6-10-16/h1-10H,11-14H2. The summed E-state index contributed by atoms with van der Waals surface area (Å²) in [6.07, 6.45) is 0. The number of sulfone groups is 2. The molecule has 124 valence electrons. The average molecular weight is 354 g/mol. The smallest absolute Gasteiger partial charge is 0.178 e. The van der Waals surface area contributed by atoms with Gasteiger partial charge in [0.15, 0.2) is 19.7 Å². The number of rotatable bonds is 8. The molecule has 0 fully saturated rings. The van der Waals surface area contributed by atoms with Crippen molar-refractivity contribution in [2.75, 3.05) is 11.9 Å². The molecule has 0 aromatic heterocycles. The van der Waals surface area contributed by atoms with Crippen LogP contribution in [0.15, 0.2) is 60.7 Å². The Morgan fingerprint density at radius 2 is 0.957 bits per heavy atom. The van der Waals surface area contributed by atoms with Gasteiger partial charge in [0.1, 0.15) is 11.9 Å². The Hall–Kier alpha value is -1.70. The largest absolute Gasteiger partial charge is 0.350 e. The van der Waals surface area contributed by atoms with Crippen LogP contribution in [0.2, 0.25) is 0 Å². The molecule has 0 amide bonds. The molecular weight excluding hydrogens is 336 g/mol. The van der Waals surface area contributed by atoms with E-state index < -0.39 is 31.6 Å². The van der Waals surface area contributed by atoms with Crippen molar-refractivity contribution in [1.82, 2.24) is 0 Å². The highest BCUT2D eigenvalue weighted by atomic mass is 32.2. The van der Waals surface area contributed by atoms with E-state index in [2.05, 4.69) is 0 Å². The van der Waals surface area contributed by atoms with E-state index in [1.54, 1.807) is 60.7 Å². The van der Waals surface area contributed by atoms with E-state index in [0.717, 1.165) is 0 Å². The van der Waals surface area contributed by atoms with Gasteiger partial charge in [0.2, 0.25) is 0 Å². The minimum absolute atomic E-state index is 0.174.